The first-order valence-corrected chi connectivity index (χ1v) is 6.27. The molecule has 1 aliphatic rings. The highest BCUT2D eigenvalue weighted by molar-refractivity contribution is 5.94. The fourth-order valence-corrected chi connectivity index (χ4v) is 2.44. The van der Waals surface area contributed by atoms with E-state index >= 15 is 0 Å². The number of halogens is 1. The van der Waals surface area contributed by atoms with Crippen LogP contribution in [0.15, 0.2) is 30.5 Å². The second kappa shape index (κ2) is 6.08. The number of para-hydroxylation sites is 1. The maximum atomic E-state index is 5.35. The fourth-order valence-electron chi connectivity index (χ4n) is 2.44. The van der Waals surface area contributed by atoms with Crippen molar-refractivity contribution in [2.75, 3.05) is 25.5 Å². The quantitative estimate of drug-likeness (QED) is 0.906. The van der Waals surface area contributed by atoms with Gasteiger partial charge in [-0.2, -0.15) is 0 Å². The van der Waals surface area contributed by atoms with E-state index in [-0.39, 0.29) is 12.4 Å². The van der Waals surface area contributed by atoms with E-state index in [1.807, 2.05) is 24.4 Å². The summed E-state index contributed by atoms with van der Waals surface area (Å²) in [5.74, 6) is 0.820. The van der Waals surface area contributed by atoms with Crippen molar-refractivity contribution in [3.05, 3.63) is 30.5 Å². The summed E-state index contributed by atoms with van der Waals surface area (Å²) >= 11 is 0. The van der Waals surface area contributed by atoms with Gasteiger partial charge in [0.25, 0.3) is 0 Å². The molecule has 0 unspecified atom stereocenters. The van der Waals surface area contributed by atoms with Gasteiger partial charge in [0.2, 0.25) is 0 Å². The van der Waals surface area contributed by atoms with Crippen LogP contribution in [0.4, 0.5) is 5.69 Å². The average Bonchev–Trinajstić information content (AvgIpc) is 2.91. The third kappa shape index (κ3) is 2.74. The van der Waals surface area contributed by atoms with Crippen molar-refractivity contribution in [3.63, 3.8) is 0 Å². The van der Waals surface area contributed by atoms with Gasteiger partial charge in [-0.05, 0) is 25.1 Å². The van der Waals surface area contributed by atoms with Crippen molar-refractivity contribution in [1.29, 1.82) is 0 Å². The number of hydrogen-bond donors (Lipinski definition) is 2. The Morgan fingerprint density at radius 3 is 3.00 bits per heavy atom. The molecule has 3 rings (SSSR count). The second-order valence-corrected chi connectivity index (χ2v) is 4.55. The van der Waals surface area contributed by atoms with Gasteiger partial charge >= 0.3 is 0 Å². The Morgan fingerprint density at radius 1 is 1.37 bits per heavy atom. The monoisotopic (exact) mass is 279 g/mol. The molecule has 0 saturated carbocycles. The minimum absolute atomic E-state index is 0. The number of fused-ring (bicyclic) bond motifs is 1. The van der Waals surface area contributed by atoms with Gasteiger partial charge < -0.3 is 15.4 Å². The molecule has 1 atom stereocenters. The van der Waals surface area contributed by atoms with E-state index in [9.17, 15) is 0 Å². The fraction of sp³-hybridized carbons (Fsp3) is 0.357. The van der Waals surface area contributed by atoms with Crippen LogP contribution in [0, 0.1) is 0 Å². The summed E-state index contributed by atoms with van der Waals surface area (Å²) in [6, 6.07) is 8.55. The second-order valence-electron chi connectivity index (χ2n) is 4.55. The lowest BCUT2D eigenvalue weighted by atomic mass is 10.1. The van der Waals surface area contributed by atoms with Gasteiger partial charge in [-0.25, -0.2) is 0 Å². The van der Waals surface area contributed by atoms with Crippen molar-refractivity contribution in [2.45, 2.75) is 12.5 Å². The highest BCUT2D eigenvalue weighted by Crippen LogP contribution is 2.29. The molecule has 0 aliphatic carbocycles. The Balaban J connectivity index is 0.00000133. The van der Waals surface area contributed by atoms with Crippen molar-refractivity contribution < 1.29 is 4.74 Å². The molecule has 2 N–H and O–H groups in total. The lowest BCUT2D eigenvalue weighted by Gasteiger charge is -2.15. The van der Waals surface area contributed by atoms with Crippen LogP contribution in [-0.2, 0) is 0 Å². The van der Waals surface area contributed by atoms with Crippen molar-refractivity contribution in [2.24, 2.45) is 0 Å². The molecule has 0 radical (unpaired) electrons. The van der Waals surface area contributed by atoms with Gasteiger partial charge in [-0.3, -0.25) is 4.98 Å². The molecule has 1 fully saturated rings. The molecule has 1 aliphatic heterocycles. The predicted molar refractivity (Wildman–Crippen MR) is 80.4 cm³/mol. The van der Waals surface area contributed by atoms with Crippen LogP contribution in [-0.4, -0.2) is 31.2 Å². The van der Waals surface area contributed by atoms with Crippen molar-refractivity contribution in [1.82, 2.24) is 10.3 Å². The summed E-state index contributed by atoms with van der Waals surface area (Å²) in [4.78, 5) is 4.41. The van der Waals surface area contributed by atoms with Gasteiger partial charge in [0.05, 0.1) is 7.11 Å². The first kappa shape index (κ1) is 13.9. The van der Waals surface area contributed by atoms with Crippen LogP contribution in [0.25, 0.3) is 10.9 Å². The van der Waals surface area contributed by atoms with Crippen LogP contribution in [0.3, 0.4) is 0 Å². The van der Waals surface area contributed by atoms with Gasteiger partial charge in [0, 0.05) is 29.9 Å². The zero-order valence-electron chi connectivity index (χ0n) is 10.8. The van der Waals surface area contributed by atoms with Gasteiger partial charge in [-0.15, -0.1) is 12.4 Å². The third-order valence-corrected chi connectivity index (χ3v) is 3.37. The summed E-state index contributed by atoms with van der Waals surface area (Å²) in [5.41, 5.74) is 2.04. The number of aromatic nitrogens is 1. The minimum Gasteiger partial charge on any atom is -0.494 e. The van der Waals surface area contributed by atoms with E-state index in [2.05, 4.69) is 21.7 Å². The Bertz CT molecular complexity index is 555. The summed E-state index contributed by atoms with van der Waals surface area (Å²) in [6.45, 7) is 2.11. The number of benzene rings is 1. The SMILES string of the molecule is COc1cccc2c(N[C@@H]3CCNC3)ccnc12.Cl. The molecule has 19 heavy (non-hydrogen) atoms. The first-order valence-electron chi connectivity index (χ1n) is 6.27. The number of rotatable bonds is 3. The number of nitrogens with one attached hydrogen (secondary N) is 2. The Hall–Kier alpha value is -1.52. The molecule has 4 nitrogen and oxygen atoms in total. The first-order chi connectivity index (χ1) is 8.88. The zero-order chi connectivity index (χ0) is 12.4. The highest BCUT2D eigenvalue weighted by Gasteiger charge is 2.15. The van der Waals surface area contributed by atoms with Crippen molar-refractivity contribution in [3.8, 4) is 5.75 Å². The molecule has 1 saturated heterocycles. The number of nitrogens with zero attached hydrogens (tertiary/aromatic N) is 1. The van der Waals surface area contributed by atoms with Crippen molar-refractivity contribution >= 4 is 29.0 Å². The van der Waals surface area contributed by atoms with Crippen LogP contribution in [0.5, 0.6) is 5.75 Å². The maximum Gasteiger partial charge on any atom is 0.145 e. The smallest absolute Gasteiger partial charge is 0.145 e. The predicted octanol–water partition coefficient (Wildman–Crippen LogP) is 2.44. The maximum absolute atomic E-state index is 5.35. The molecule has 0 bridgehead atoms. The highest BCUT2D eigenvalue weighted by atomic mass is 35.5. The normalized spacial score (nSPS) is 18.1. The average molecular weight is 280 g/mol. The lowest BCUT2D eigenvalue weighted by Crippen LogP contribution is -2.22. The molecular weight excluding hydrogens is 262 g/mol. The van der Waals surface area contributed by atoms with Crippen LogP contribution >= 0.6 is 12.4 Å². The molecule has 102 valence electrons. The lowest BCUT2D eigenvalue weighted by molar-refractivity contribution is 0.419. The Kier molecular flexibility index (Phi) is 4.45. The number of methoxy groups -OCH3 is 1. The molecular formula is C14H18ClN3O. The summed E-state index contributed by atoms with van der Waals surface area (Å²) in [6.07, 6.45) is 2.99. The largest absolute Gasteiger partial charge is 0.494 e. The van der Waals surface area contributed by atoms with E-state index in [0.717, 1.165) is 41.9 Å². The van der Waals surface area contributed by atoms with E-state index in [0.29, 0.717) is 6.04 Å². The molecule has 2 heterocycles. The topological polar surface area (TPSA) is 46.2 Å². The van der Waals surface area contributed by atoms with Gasteiger partial charge in [0.1, 0.15) is 11.3 Å². The summed E-state index contributed by atoms with van der Waals surface area (Å²) in [5, 5.41) is 8.05. The van der Waals surface area contributed by atoms with Crippen LogP contribution in [0.2, 0.25) is 0 Å². The van der Waals surface area contributed by atoms with E-state index in [4.69, 9.17) is 4.74 Å². The van der Waals surface area contributed by atoms with E-state index in [1.165, 1.54) is 0 Å². The number of hydrogen-bond acceptors (Lipinski definition) is 4. The Morgan fingerprint density at radius 2 is 2.26 bits per heavy atom. The summed E-state index contributed by atoms with van der Waals surface area (Å²) < 4.78 is 5.35. The van der Waals surface area contributed by atoms with E-state index in [1.54, 1.807) is 7.11 Å². The van der Waals surface area contributed by atoms with Gasteiger partial charge in [0.15, 0.2) is 0 Å². The third-order valence-electron chi connectivity index (χ3n) is 3.37. The van der Waals surface area contributed by atoms with Gasteiger partial charge in [-0.1, -0.05) is 12.1 Å². The molecule has 0 amide bonds. The number of ether oxygens (including phenoxy) is 1. The number of anilines is 1. The minimum atomic E-state index is 0. The molecule has 5 heteroatoms. The standard InChI is InChI=1S/C14H17N3O.ClH/c1-18-13-4-2-3-11-12(6-8-16-14(11)13)17-10-5-7-15-9-10;/h2-4,6,8,10,15H,5,7,9H2,1H3,(H,16,17);1H/t10-;/m1./s1. The Labute approximate surface area is 119 Å². The number of pyridine rings is 1. The molecule has 2 aromatic rings. The van der Waals surface area contributed by atoms with Crippen LogP contribution < -0.4 is 15.4 Å². The van der Waals surface area contributed by atoms with Crippen LogP contribution in [0.1, 0.15) is 6.42 Å². The molecule has 1 aromatic heterocycles. The summed E-state index contributed by atoms with van der Waals surface area (Å²) in [7, 11) is 1.68. The molecule has 1 aromatic carbocycles. The zero-order valence-corrected chi connectivity index (χ0v) is 11.7. The van der Waals surface area contributed by atoms with E-state index < -0.39 is 0 Å². The molecule has 0 spiro atoms.